The molecule has 0 aliphatic carbocycles. The fraction of sp³-hybridized carbons (Fsp3) is 0.533. The number of pyridine rings is 1. The van der Waals surface area contributed by atoms with Crippen LogP contribution in [0.4, 0.5) is 17.6 Å². The Hall–Kier alpha value is -2.39. The van der Waals surface area contributed by atoms with Gasteiger partial charge in [0.05, 0.1) is 5.56 Å². The van der Waals surface area contributed by atoms with Crippen molar-refractivity contribution in [3.8, 4) is 5.88 Å². The van der Waals surface area contributed by atoms with Crippen LogP contribution in [0.1, 0.15) is 37.0 Å². The quantitative estimate of drug-likeness (QED) is 0.656. The summed E-state index contributed by atoms with van der Waals surface area (Å²) in [5.41, 5.74) is -1.50. The van der Waals surface area contributed by atoms with Gasteiger partial charge >= 0.3 is 18.3 Å². The van der Waals surface area contributed by atoms with Crippen molar-refractivity contribution >= 4 is 11.9 Å². The molecule has 0 aliphatic heterocycles. The molecule has 0 radical (unpaired) electrons. The summed E-state index contributed by atoms with van der Waals surface area (Å²) in [6, 6.07) is 2.21. The van der Waals surface area contributed by atoms with Crippen molar-refractivity contribution in [1.29, 1.82) is 0 Å². The molecule has 1 aromatic rings. The topological polar surface area (TPSA) is 88.5 Å². The minimum atomic E-state index is -4.32. The Morgan fingerprint density at radius 3 is 2.44 bits per heavy atom. The van der Waals surface area contributed by atoms with E-state index >= 15 is 0 Å². The van der Waals surface area contributed by atoms with E-state index in [9.17, 15) is 32.3 Å². The van der Waals surface area contributed by atoms with Crippen molar-refractivity contribution in [1.82, 2.24) is 10.3 Å². The maximum atomic E-state index is 12.8. The predicted octanol–water partition coefficient (Wildman–Crippen LogP) is 2.73. The standard InChI is InChI=1S/C15H18F4N2O4/c1-3-6-14(2,13(23)24)21-11(22)9-4-5-10(20-7-9)25-8-15(18,19)12(16)17/h4-5,7,12H,3,6,8H2,1-2H3,(H,21,22)(H,23,24). The number of nitrogens with zero attached hydrogens (tertiary/aromatic N) is 1. The van der Waals surface area contributed by atoms with E-state index < -0.39 is 36.4 Å². The van der Waals surface area contributed by atoms with E-state index in [1.165, 1.54) is 6.92 Å². The van der Waals surface area contributed by atoms with E-state index in [0.29, 0.717) is 6.42 Å². The van der Waals surface area contributed by atoms with E-state index in [0.717, 1.165) is 18.3 Å². The molecule has 1 atom stereocenters. The van der Waals surface area contributed by atoms with Crippen molar-refractivity contribution in [2.24, 2.45) is 0 Å². The summed E-state index contributed by atoms with van der Waals surface area (Å²) in [7, 11) is 0. The van der Waals surface area contributed by atoms with E-state index in [2.05, 4.69) is 15.0 Å². The van der Waals surface area contributed by atoms with Crippen molar-refractivity contribution in [3.05, 3.63) is 23.9 Å². The number of halogens is 4. The SMILES string of the molecule is CCCC(C)(NC(=O)c1ccc(OCC(F)(F)C(F)F)nc1)C(=O)O. The summed E-state index contributed by atoms with van der Waals surface area (Å²) in [6.45, 7) is 1.56. The fourth-order valence-electron chi connectivity index (χ4n) is 1.88. The molecule has 140 valence electrons. The molecule has 0 fully saturated rings. The van der Waals surface area contributed by atoms with Gasteiger partial charge in [-0.25, -0.2) is 18.6 Å². The number of amides is 1. The summed E-state index contributed by atoms with van der Waals surface area (Å²) in [4.78, 5) is 26.9. The zero-order chi connectivity index (χ0) is 19.3. The monoisotopic (exact) mass is 366 g/mol. The number of rotatable bonds is 9. The highest BCUT2D eigenvalue weighted by Gasteiger charge is 2.41. The molecule has 1 unspecified atom stereocenters. The van der Waals surface area contributed by atoms with Gasteiger partial charge < -0.3 is 15.2 Å². The maximum absolute atomic E-state index is 12.8. The normalized spacial score (nSPS) is 14.0. The van der Waals surface area contributed by atoms with Crippen LogP contribution in [0.3, 0.4) is 0 Å². The van der Waals surface area contributed by atoms with Gasteiger partial charge in [-0.3, -0.25) is 4.79 Å². The van der Waals surface area contributed by atoms with Crippen LogP contribution in [0, 0.1) is 0 Å². The number of aromatic nitrogens is 1. The minimum absolute atomic E-state index is 0.0310. The van der Waals surface area contributed by atoms with Gasteiger partial charge in [0.2, 0.25) is 5.88 Å². The number of carbonyl (C=O) groups is 2. The minimum Gasteiger partial charge on any atom is -0.480 e. The number of ether oxygens (including phenoxy) is 1. The van der Waals surface area contributed by atoms with Gasteiger partial charge in [-0.1, -0.05) is 13.3 Å². The highest BCUT2D eigenvalue weighted by atomic mass is 19.3. The number of hydrogen-bond acceptors (Lipinski definition) is 4. The van der Waals surface area contributed by atoms with Crippen molar-refractivity contribution in [2.75, 3.05) is 6.61 Å². The number of hydrogen-bond donors (Lipinski definition) is 2. The number of carboxylic acid groups (broad SMARTS) is 1. The van der Waals surface area contributed by atoms with Crippen molar-refractivity contribution in [2.45, 2.75) is 44.6 Å². The van der Waals surface area contributed by atoms with Gasteiger partial charge in [0, 0.05) is 12.3 Å². The summed E-state index contributed by atoms with van der Waals surface area (Å²) in [5, 5.41) is 11.6. The lowest BCUT2D eigenvalue weighted by Gasteiger charge is -2.25. The third kappa shape index (κ3) is 5.57. The first-order valence-electron chi connectivity index (χ1n) is 7.32. The zero-order valence-corrected chi connectivity index (χ0v) is 13.6. The van der Waals surface area contributed by atoms with Gasteiger partial charge in [-0.2, -0.15) is 8.78 Å². The summed E-state index contributed by atoms with van der Waals surface area (Å²) < 4.78 is 54.0. The van der Waals surface area contributed by atoms with Gasteiger partial charge in [0.1, 0.15) is 5.54 Å². The number of nitrogens with one attached hydrogen (secondary N) is 1. The van der Waals surface area contributed by atoms with Crippen molar-refractivity contribution < 1.29 is 37.0 Å². The molecule has 6 nitrogen and oxygen atoms in total. The third-order valence-electron chi connectivity index (χ3n) is 3.34. The second kappa shape index (κ2) is 8.13. The summed E-state index contributed by atoms with van der Waals surface area (Å²) in [5.74, 6) is -6.62. The van der Waals surface area contributed by atoms with Gasteiger partial charge in [0.25, 0.3) is 5.91 Å². The Morgan fingerprint density at radius 2 is 2.00 bits per heavy atom. The van der Waals surface area contributed by atoms with Gasteiger partial charge in [-0.15, -0.1) is 0 Å². The Bertz CT molecular complexity index is 610. The summed E-state index contributed by atoms with van der Waals surface area (Å²) in [6.07, 6.45) is -2.18. The van der Waals surface area contributed by atoms with E-state index in [-0.39, 0.29) is 17.9 Å². The molecule has 0 aliphatic rings. The molecular formula is C15H18F4N2O4. The summed E-state index contributed by atoms with van der Waals surface area (Å²) >= 11 is 0. The first-order valence-corrected chi connectivity index (χ1v) is 7.32. The average Bonchev–Trinajstić information content (AvgIpc) is 2.53. The second-order valence-electron chi connectivity index (χ2n) is 5.58. The van der Waals surface area contributed by atoms with Gasteiger partial charge in [0.15, 0.2) is 6.61 Å². The van der Waals surface area contributed by atoms with Crippen LogP contribution in [0.5, 0.6) is 5.88 Å². The lowest BCUT2D eigenvalue weighted by atomic mass is 9.96. The van der Waals surface area contributed by atoms with Gasteiger partial charge in [-0.05, 0) is 19.4 Å². The Balaban J connectivity index is 2.75. The number of carboxylic acids is 1. The second-order valence-corrected chi connectivity index (χ2v) is 5.58. The molecule has 2 N–H and O–H groups in total. The molecule has 1 rings (SSSR count). The van der Waals surface area contributed by atoms with E-state index in [1.54, 1.807) is 6.92 Å². The highest BCUT2D eigenvalue weighted by Crippen LogP contribution is 2.23. The molecule has 10 heteroatoms. The number of carbonyl (C=O) groups excluding carboxylic acids is 1. The molecule has 1 heterocycles. The molecule has 0 aromatic carbocycles. The van der Waals surface area contributed by atoms with Crippen LogP contribution in [0.15, 0.2) is 18.3 Å². The number of aliphatic carboxylic acids is 1. The van der Waals surface area contributed by atoms with Crippen LogP contribution in [-0.2, 0) is 4.79 Å². The highest BCUT2D eigenvalue weighted by molar-refractivity contribution is 5.97. The Morgan fingerprint density at radius 1 is 1.36 bits per heavy atom. The molecule has 0 spiro atoms. The molecule has 0 saturated carbocycles. The van der Waals surface area contributed by atoms with Crippen LogP contribution in [-0.4, -0.2) is 46.5 Å². The Labute approximate surface area is 141 Å². The lowest BCUT2D eigenvalue weighted by molar-refractivity contribution is -0.148. The molecule has 1 amide bonds. The average molecular weight is 366 g/mol. The molecular weight excluding hydrogens is 348 g/mol. The third-order valence-corrected chi connectivity index (χ3v) is 3.34. The first kappa shape index (κ1) is 20.7. The maximum Gasteiger partial charge on any atom is 0.340 e. The first-order chi connectivity index (χ1) is 11.5. The number of alkyl halides is 4. The smallest absolute Gasteiger partial charge is 0.340 e. The zero-order valence-electron chi connectivity index (χ0n) is 13.6. The Kier molecular flexibility index (Phi) is 6.71. The fourth-order valence-corrected chi connectivity index (χ4v) is 1.88. The van der Waals surface area contributed by atoms with Crippen LogP contribution >= 0.6 is 0 Å². The van der Waals surface area contributed by atoms with E-state index in [4.69, 9.17) is 0 Å². The molecule has 25 heavy (non-hydrogen) atoms. The molecule has 1 aromatic heterocycles. The predicted molar refractivity (Wildman–Crippen MR) is 79.1 cm³/mol. The lowest BCUT2D eigenvalue weighted by Crippen LogP contribution is -2.52. The largest absolute Gasteiger partial charge is 0.480 e. The van der Waals surface area contributed by atoms with Crippen LogP contribution in [0.25, 0.3) is 0 Å². The van der Waals surface area contributed by atoms with E-state index in [1.807, 2.05) is 0 Å². The molecule has 0 saturated heterocycles. The van der Waals surface area contributed by atoms with Crippen molar-refractivity contribution in [3.63, 3.8) is 0 Å². The molecule has 0 bridgehead atoms. The van der Waals surface area contributed by atoms with Crippen LogP contribution in [0.2, 0.25) is 0 Å². The van der Waals surface area contributed by atoms with Crippen LogP contribution < -0.4 is 10.1 Å².